The van der Waals surface area contributed by atoms with Gasteiger partial charge in [-0.1, -0.05) is 63.7 Å². The summed E-state index contributed by atoms with van der Waals surface area (Å²) in [7, 11) is 0. The van der Waals surface area contributed by atoms with Crippen molar-refractivity contribution >= 4 is 60.7 Å². The second-order valence-corrected chi connectivity index (χ2v) is 13.5. The monoisotopic (exact) mass is 745 g/mol. The molecule has 1 aromatic heterocycles. The number of halogens is 3. The summed E-state index contributed by atoms with van der Waals surface area (Å²) in [5.74, 6) is 0.182. The number of allylic oxidation sites excluding steroid dienone is 1. The lowest BCUT2D eigenvalue weighted by Gasteiger charge is -2.30. The minimum Gasteiger partial charge on any atom is -0.487 e. The molecular formula is C34H22Br2FN3O4S. The molecule has 7 nitrogen and oxygen atoms in total. The highest BCUT2D eigenvalue weighted by Crippen LogP contribution is 2.41. The lowest BCUT2D eigenvalue weighted by atomic mass is 9.83. The van der Waals surface area contributed by atoms with Gasteiger partial charge in [-0.3, -0.25) is 19.5 Å². The molecule has 0 amide bonds. The van der Waals surface area contributed by atoms with E-state index in [2.05, 4.69) is 44.0 Å². The van der Waals surface area contributed by atoms with Crippen molar-refractivity contribution in [1.82, 2.24) is 4.57 Å². The maximum Gasteiger partial charge on any atom is 0.271 e. The molecule has 2 heterocycles. The summed E-state index contributed by atoms with van der Waals surface area (Å²) in [4.78, 5) is 30.4. The Hall–Kier alpha value is -4.19. The maximum absolute atomic E-state index is 14.2. The molecule has 0 unspecified atom stereocenters. The molecule has 2 aliphatic rings. The molecule has 0 fully saturated rings. The van der Waals surface area contributed by atoms with Crippen molar-refractivity contribution in [3.8, 4) is 5.75 Å². The average molecular weight is 747 g/mol. The molecule has 1 aliphatic heterocycles. The van der Waals surface area contributed by atoms with Crippen molar-refractivity contribution in [3.05, 3.63) is 163 Å². The van der Waals surface area contributed by atoms with Gasteiger partial charge in [-0.25, -0.2) is 9.38 Å². The SMILES string of the molecule is O=c1/c(=C\c2cc(Br)cc(Br)c2OCc2ccc([N+](=O)[O-])cc2)sc2n1[C@@H](c1ccc(F)cc1)C1=C(N=2)c2ccccc2CC1. The number of nitrogens with zero attached hydrogens (tertiary/aromatic N) is 3. The van der Waals surface area contributed by atoms with E-state index in [0.29, 0.717) is 25.1 Å². The Morgan fingerprint density at radius 1 is 1.04 bits per heavy atom. The van der Waals surface area contributed by atoms with Gasteiger partial charge in [0.05, 0.1) is 25.7 Å². The minimum absolute atomic E-state index is 0.00347. The quantitative estimate of drug-likeness (QED) is 0.133. The molecule has 1 atom stereocenters. The number of nitro benzene ring substituents is 1. The third-order valence-electron chi connectivity index (χ3n) is 7.91. The Kier molecular flexibility index (Phi) is 7.84. The highest BCUT2D eigenvalue weighted by Gasteiger charge is 2.32. The van der Waals surface area contributed by atoms with E-state index in [1.165, 1.54) is 41.2 Å². The number of ether oxygens (including phenoxy) is 1. The van der Waals surface area contributed by atoms with Gasteiger partial charge in [0, 0.05) is 27.7 Å². The zero-order chi connectivity index (χ0) is 31.2. The van der Waals surface area contributed by atoms with Gasteiger partial charge in [0.25, 0.3) is 11.2 Å². The fourth-order valence-electron chi connectivity index (χ4n) is 5.82. The lowest BCUT2D eigenvalue weighted by molar-refractivity contribution is -0.384. The van der Waals surface area contributed by atoms with Gasteiger partial charge in [0.2, 0.25) is 0 Å². The number of rotatable bonds is 6. The van der Waals surface area contributed by atoms with Crippen LogP contribution in [0.25, 0.3) is 11.8 Å². The first kappa shape index (κ1) is 29.5. The summed E-state index contributed by atoms with van der Waals surface area (Å²) in [5.41, 5.74) is 6.23. The first-order chi connectivity index (χ1) is 21.8. The van der Waals surface area contributed by atoms with Gasteiger partial charge >= 0.3 is 0 Å². The van der Waals surface area contributed by atoms with Gasteiger partial charge in [0.1, 0.15) is 18.2 Å². The number of nitro groups is 1. The molecule has 7 rings (SSSR count). The number of thiazole rings is 1. The first-order valence-electron chi connectivity index (χ1n) is 14.0. The number of hydrogen-bond donors (Lipinski definition) is 0. The predicted molar refractivity (Wildman–Crippen MR) is 178 cm³/mol. The van der Waals surface area contributed by atoms with Crippen LogP contribution in [0.2, 0.25) is 0 Å². The van der Waals surface area contributed by atoms with E-state index in [9.17, 15) is 19.3 Å². The van der Waals surface area contributed by atoms with Crippen LogP contribution >= 0.6 is 43.2 Å². The molecule has 0 N–H and O–H groups in total. The number of fused-ring (bicyclic) bond motifs is 3. The maximum atomic E-state index is 14.2. The summed E-state index contributed by atoms with van der Waals surface area (Å²) >= 11 is 8.44. The number of hydrogen-bond acceptors (Lipinski definition) is 6. The number of non-ortho nitro benzene ring substituents is 1. The van der Waals surface area contributed by atoms with Crippen LogP contribution in [0.5, 0.6) is 5.75 Å². The van der Waals surface area contributed by atoms with Crippen molar-refractivity contribution in [3.63, 3.8) is 0 Å². The topological polar surface area (TPSA) is 86.7 Å². The van der Waals surface area contributed by atoms with Gasteiger partial charge in [0.15, 0.2) is 4.80 Å². The predicted octanol–water partition coefficient (Wildman–Crippen LogP) is 7.47. The molecule has 5 aromatic rings. The Labute approximate surface area is 277 Å². The zero-order valence-electron chi connectivity index (χ0n) is 23.4. The third kappa shape index (κ3) is 5.60. The largest absolute Gasteiger partial charge is 0.487 e. The fraction of sp³-hybridized carbons (Fsp3) is 0.118. The summed E-state index contributed by atoms with van der Waals surface area (Å²) in [6, 6.07) is 24.0. The average Bonchev–Trinajstić information content (AvgIpc) is 3.34. The van der Waals surface area contributed by atoms with Crippen LogP contribution in [0.4, 0.5) is 10.1 Å². The van der Waals surface area contributed by atoms with E-state index in [0.717, 1.165) is 45.3 Å². The Bertz CT molecular complexity index is 2210. The molecule has 0 radical (unpaired) electrons. The minimum atomic E-state index is -0.445. The first-order valence-corrected chi connectivity index (χ1v) is 16.4. The van der Waals surface area contributed by atoms with Crippen molar-refractivity contribution in [2.75, 3.05) is 0 Å². The van der Waals surface area contributed by atoms with Crippen molar-refractivity contribution < 1.29 is 14.1 Å². The van der Waals surface area contributed by atoms with Crippen LogP contribution in [-0.2, 0) is 13.0 Å². The van der Waals surface area contributed by atoms with Crippen LogP contribution in [-0.4, -0.2) is 9.49 Å². The highest BCUT2D eigenvalue weighted by molar-refractivity contribution is 9.11. The van der Waals surface area contributed by atoms with E-state index in [1.54, 1.807) is 34.9 Å². The molecule has 11 heteroatoms. The second-order valence-electron chi connectivity index (χ2n) is 10.7. The molecule has 0 bridgehead atoms. The smallest absolute Gasteiger partial charge is 0.271 e. The third-order valence-corrected chi connectivity index (χ3v) is 9.94. The van der Waals surface area contributed by atoms with E-state index in [4.69, 9.17) is 9.73 Å². The zero-order valence-corrected chi connectivity index (χ0v) is 27.4. The van der Waals surface area contributed by atoms with E-state index in [-0.39, 0.29) is 23.7 Å². The molecule has 4 aromatic carbocycles. The Morgan fingerprint density at radius 3 is 2.56 bits per heavy atom. The number of aryl methyl sites for hydroxylation is 1. The van der Waals surface area contributed by atoms with Gasteiger partial charge in [-0.2, -0.15) is 0 Å². The lowest BCUT2D eigenvalue weighted by Crippen LogP contribution is -2.38. The molecule has 0 saturated carbocycles. The normalized spacial score (nSPS) is 15.6. The Balaban J connectivity index is 1.35. The molecule has 0 saturated heterocycles. The van der Waals surface area contributed by atoms with Gasteiger partial charge in [-0.15, -0.1) is 0 Å². The fourth-order valence-corrected chi connectivity index (χ4v) is 8.18. The number of benzene rings is 4. The van der Waals surface area contributed by atoms with Crippen LogP contribution in [0.3, 0.4) is 0 Å². The number of aromatic nitrogens is 1. The van der Waals surface area contributed by atoms with Gasteiger partial charge in [-0.05, 0) is 93.5 Å². The summed E-state index contributed by atoms with van der Waals surface area (Å²) in [5, 5.41) is 11.0. The van der Waals surface area contributed by atoms with Gasteiger partial charge < -0.3 is 4.74 Å². The van der Waals surface area contributed by atoms with E-state index in [1.807, 2.05) is 24.3 Å². The van der Waals surface area contributed by atoms with Crippen LogP contribution in [0, 0.1) is 15.9 Å². The van der Waals surface area contributed by atoms with E-state index >= 15 is 0 Å². The van der Waals surface area contributed by atoms with Crippen LogP contribution in [0.1, 0.15) is 40.3 Å². The summed E-state index contributed by atoms with van der Waals surface area (Å²) < 4.78 is 23.8. The molecule has 0 spiro atoms. The highest BCUT2D eigenvalue weighted by atomic mass is 79.9. The van der Waals surface area contributed by atoms with Crippen molar-refractivity contribution in [2.45, 2.75) is 25.5 Å². The van der Waals surface area contributed by atoms with Crippen molar-refractivity contribution in [1.29, 1.82) is 0 Å². The molecular weight excluding hydrogens is 725 g/mol. The second kappa shape index (κ2) is 12.0. The Morgan fingerprint density at radius 2 is 1.80 bits per heavy atom. The molecule has 224 valence electrons. The van der Waals surface area contributed by atoms with Crippen molar-refractivity contribution in [2.24, 2.45) is 4.99 Å². The molecule has 45 heavy (non-hydrogen) atoms. The van der Waals surface area contributed by atoms with Crippen LogP contribution in [0.15, 0.2) is 109 Å². The summed E-state index contributed by atoms with van der Waals surface area (Å²) in [6.45, 7) is 0.164. The summed E-state index contributed by atoms with van der Waals surface area (Å²) in [6.07, 6.45) is 3.36. The standard InChI is InChI=1S/C34H22Br2FN3O4S/c35-23-15-22(32(28(36)17-23)44-18-19-5-12-25(13-6-19)40(42)43)16-29-33(41)39-31(21-7-10-24(37)11-8-21)27-14-9-20-3-1-2-4-26(20)30(27)38-34(39)45-29/h1-8,10-13,15-17,31H,9,14,18H2/b29-16+/t31-/m0/s1. The van der Waals surface area contributed by atoms with E-state index < -0.39 is 11.0 Å². The van der Waals surface area contributed by atoms with Crippen LogP contribution < -0.4 is 19.6 Å². The molecule has 1 aliphatic carbocycles.